The van der Waals surface area contributed by atoms with Crippen molar-refractivity contribution >= 4 is 0 Å². The van der Waals surface area contributed by atoms with Crippen LogP contribution in [0, 0.1) is 5.82 Å². The number of hydrogen-bond donors (Lipinski definition) is 1. The molecule has 1 fully saturated rings. The molecule has 0 amide bonds. The minimum Gasteiger partial charge on any atom is -0.370 e. The van der Waals surface area contributed by atoms with Gasteiger partial charge in [0.1, 0.15) is 5.82 Å². The van der Waals surface area contributed by atoms with E-state index in [1.807, 2.05) is 6.07 Å². The largest absolute Gasteiger partial charge is 0.370 e. The van der Waals surface area contributed by atoms with Gasteiger partial charge in [-0.2, -0.15) is 0 Å². The third-order valence-corrected chi connectivity index (χ3v) is 3.72. The van der Waals surface area contributed by atoms with Crippen LogP contribution in [0.4, 0.5) is 4.39 Å². The van der Waals surface area contributed by atoms with E-state index in [4.69, 9.17) is 4.74 Å². The van der Waals surface area contributed by atoms with Gasteiger partial charge in [0.05, 0.1) is 12.2 Å². The monoisotopic (exact) mass is 221 g/mol. The summed E-state index contributed by atoms with van der Waals surface area (Å²) in [6.07, 6.45) is 2.82. The van der Waals surface area contributed by atoms with Crippen LogP contribution in [-0.2, 0) is 16.8 Å². The maximum Gasteiger partial charge on any atom is 0.123 e. The number of rotatable bonds is 0. The van der Waals surface area contributed by atoms with E-state index in [9.17, 15) is 4.39 Å². The number of nitrogens with one attached hydrogen (secondary N) is 1. The highest BCUT2D eigenvalue weighted by Crippen LogP contribution is 2.40. The molecule has 0 aromatic heterocycles. The Labute approximate surface area is 94.8 Å². The van der Waals surface area contributed by atoms with E-state index >= 15 is 0 Å². The summed E-state index contributed by atoms with van der Waals surface area (Å²) in [4.78, 5) is 0. The Morgan fingerprint density at radius 1 is 1.25 bits per heavy atom. The molecule has 2 heterocycles. The molecule has 0 aliphatic carbocycles. The molecule has 2 aliphatic rings. The quantitative estimate of drug-likeness (QED) is 0.723. The SMILES string of the molecule is Fc1ccc2c(c1)CCOC21CCNCC1. The molecule has 0 radical (unpaired) electrons. The Morgan fingerprint density at radius 2 is 2.06 bits per heavy atom. The molecule has 1 aromatic carbocycles. The number of piperidine rings is 1. The third-order valence-electron chi connectivity index (χ3n) is 3.72. The molecular weight excluding hydrogens is 205 g/mol. The van der Waals surface area contributed by atoms with E-state index in [0.717, 1.165) is 44.5 Å². The van der Waals surface area contributed by atoms with Crippen molar-refractivity contribution in [2.75, 3.05) is 19.7 Å². The fourth-order valence-electron chi connectivity index (χ4n) is 2.89. The lowest BCUT2D eigenvalue weighted by Gasteiger charge is -2.42. The summed E-state index contributed by atoms with van der Waals surface area (Å²) in [5.74, 6) is -0.135. The van der Waals surface area contributed by atoms with Gasteiger partial charge >= 0.3 is 0 Å². The van der Waals surface area contributed by atoms with Gasteiger partial charge in [-0.1, -0.05) is 6.07 Å². The fourth-order valence-corrected chi connectivity index (χ4v) is 2.89. The lowest BCUT2D eigenvalue weighted by molar-refractivity contribution is -0.0802. The van der Waals surface area contributed by atoms with E-state index in [1.165, 1.54) is 5.56 Å². The summed E-state index contributed by atoms with van der Waals surface area (Å²) < 4.78 is 19.2. The third kappa shape index (κ3) is 1.55. The zero-order valence-electron chi connectivity index (χ0n) is 9.26. The van der Waals surface area contributed by atoms with Crippen LogP contribution in [0.5, 0.6) is 0 Å². The van der Waals surface area contributed by atoms with E-state index in [-0.39, 0.29) is 11.4 Å². The summed E-state index contributed by atoms with van der Waals surface area (Å²) in [5, 5.41) is 3.34. The van der Waals surface area contributed by atoms with Crippen molar-refractivity contribution < 1.29 is 9.13 Å². The van der Waals surface area contributed by atoms with Crippen LogP contribution in [-0.4, -0.2) is 19.7 Å². The Bertz CT molecular complexity index is 399. The Balaban J connectivity index is 2.04. The second-order valence-corrected chi connectivity index (χ2v) is 4.64. The van der Waals surface area contributed by atoms with Gasteiger partial charge in [0.25, 0.3) is 0 Å². The van der Waals surface area contributed by atoms with Crippen molar-refractivity contribution in [1.29, 1.82) is 0 Å². The van der Waals surface area contributed by atoms with Crippen molar-refractivity contribution in [2.45, 2.75) is 24.9 Å². The zero-order chi connectivity index (χ0) is 11.0. The van der Waals surface area contributed by atoms with Gasteiger partial charge in [-0.25, -0.2) is 4.39 Å². The highest BCUT2D eigenvalue weighted by molar-refractivity contribution is 5.35. The van der Waals surface area contributed by atoms with Crippen molar-refractivity contribution in [3.8, 4) is 0 Å². The smallest absolute Gasteiger partial charge is 0.123 e. The predicted molar refractivity (Wildman–Crippen MR) is 59.8 cm³/mol. The van der Waals surface area contributed by atoms with E-state index < -0.39 is 0 Å². The summed E-state index contributed by atoms with van der Waals surface area (Å²) in [6, 6.07) is 5.13. The second-order valence-electron chi connectivity index (χ2n) is 4.64. The Hall–Kier alpha value is -0.930. The maximum absolute atomic E-state index is 13.2. The minimum absolute atomic E-state index is 0.135. The normalized spacial score (nSPS) is 23.1. The van der Waals surface area contributed by atoms with Gasteiger partial charge in [-0.05, 0) is 55.6 Å². The first-order chi connectivity index (χ1) is 7.80. The van der Waals surface area contributed by atoms with Crippen molar-refractivity contribution in [1.82, 2.24) is 5.32 Å². The van der Waals surface area contributed by atoms with Gasteiger partial charge < -0.3 is 10.1 Å². The lowest BCUT2D eigenvalue weighted by Crippen LogP contribution is -2.44. The van der Waals surface area contributed by atoms with Gasteiger partial charge in [-0.15, -0.1) is 0 Å². The Kier molecular flexibility index (Phi) is 2.45. The molecule has 3 heteroatoms. The minimum atomic E-state index is -0.146. The van der Waals surface area contributed by atoms with Crippen molar-refractivity contribution in [3.63, 3.8) is 0 Å². The van der Waals surface area contributed by atoms with Crippen LogP contribution in [0.25, 0.3) is 0 Å². The molecule has 0 bridgehead atoms. The van der Waals surface area contributed by atoms with E-state index in [1.54, 1.807) is 12.1 Å². The van der Waals surface area contributed by atoms with Crippen LogP contribution in [0.1, 0.15) is 24.0 Å². The first-order valence-electron chi connectivity index (χ1n) is 5.94. The number of halogens is 1. The number of hydrogen-bond acceptors (Lipinski definition) is 2. The summed E-state index contributed by atoms with van der Waals surface area (Å²) in [5.41, 5.74) is 2.20. The van der Waals surface area contributed by atoms with Crippen LogP contribution >= 0.6 is 0 Å². The molecule has 1 aromatic rings. The standard InChI is InChI=1S/C13H16FNO/c14-11-1-2-12-10(9-11)3-8-16-13(12)4-6-15-7-5-13/h1-2,9,15H,3-8H2. The first kappa shape index (κ1) is 10.2. The Morgan fingerprint density at radius 3 is 2.88 bits per heavy atom. The summed E-state index contributed by atoms with van der Waals surface area (Å²) in [6.45, 7) is 2.68. The summed E-state index contributed by atoms with van der Waals surface area (Å²) >= 11 is 0. The lowest BCUT2D eigenvalue weighted by atomic mass is 9.80. The molecule has 2 aliphatic heterocycles. The van der Waals surface area contributed by atoms with Gasteiger partial charge in [0, 0.05) is 0 Å². The molecule has 1 N–H and O–H groups in total. The second kappa shape index (κ2) is 3.82. The number of fused-ring (bicyclic) bond motifs is 2. The first-order valence-corrected chi connectivity index (χ1v) is 5.94. The number of benzene rings is 1. The molecule has 16 heavy (non-hydrogen) atoms. The highest BCUT2D eigenvalue weighted by atomic mass is 19.1. The molecule has 1 saturated heterocycles. The highest BCUT2D eigenvalue weighted by Gasteiger charge is 2.38. The molecule has 0 unspecified atom stereocenters. The molecule has 0 saturated carbocycles. The molecular formula is C13H16FNO. The molecule has 1 spiro atoms. The zero-order valence-corrected chi connectivity index (χ0v) is 9.26. The summed E-state index contributed by atoms with van der Waals surface area (Å²) in [7, 11) is 0. The molecule has 3 rings (SSSR count). The average molecular weight is 221 g/mol. The van der Waals surface area contributed by atoms with Crippen LogP contribution < -0.4 is 5.32 Å². The molecule has 86 valence electrons. The van der Waals surface area contributed by atoms with Gasteiger partial charge in [0.2, 0.25) is 0 Å². The van der Waals surface area contributed by atoms with E-state index in [0.29, 0.717) is 0 Å². The fraction of sp³-hybridized carbons (Fsp3) is 0.538. The maximum atomic E-state index is 13.2. The molecule has 2 nitrogen and oxygen atoms in total. The topological polar surface area (TPSA) is 21.3 Å². The predicted octanol–water partition coefficient (Wildman–Crippen LogP) is 1.98. The molecule has 0 atom stereocenters. The van der Waals surface area contributed by atoms with Crippen LogP contribution in [0.2, 0.25) is 0 Å². The van der Waals surface area contributed by atoms with E-state index in [2.05, 4.69) is 5.32 Å². The van der Waals surface area contributed by atoms with Crippen molar-refractivity contribution in [2.24, 2.45) is 0 Å². The van der Waals surface area contributed by atoms with Crippen LogP contribution in [0.3, 0.4) is 0 Å². The number of ether oxygens (including phenoxy) is 1. The van der Waals surface area contributed by atoms with Crippen LogP contribution in [0.15, 0.2) is 18.2 Å². The average Bonchev–Trinajstić information content (AvgIpc) is 2.30. The van der Waals surface area contributed by atoms with Gasteiger partial charge in [0.15, 0.2) is 0 Å². The van der Waals surface area contributed by atoms with Gasteiger partial charge in [-0.3, -0.25) is 0 Å². The van der Waals surface area contributed by atoms with Crippen molar-refractivity contribution in [3.05, 3.63) is 35.1 Å².